The van der Waals surface area contributed by atoms with Gasteiger partial charge in [0.2, 0.25) is 0 Å². The van der Waals surface area contributed by atoms with Crippen LogP contribution in [0.4, 0.5) is 0 Å². The zero-order valence-electron chi connectivity index (χ0n) is 39.5. The highest BCUT2D eigenvalue weighted by Gasteiger charge is 2.19. The van der Waals surface area contributed by atoms with E-state index in [1.165, 1.54) is 103 Å². The Labute approximate surface area is 370 Å². The van der Waals surface area contributed by atoms with Crippen molar-refractivity contribution >= 4 is 17.9 Å². The topological polar surface area (TPSA) is 78.9 Å². The molecule has 6 nitrogen and oxygen atoms in total. The van der Waals surface area contributed by atoms with E-state index >= 15 is 0 Å². The molecule has 0 spiro atoms. The van der Waals surface area contributed by atoms with Gasteiger partial charge in [-0.1, -0.05) is 178 Å². The van der Waals surface area contributed by atoms with E-state index in [1.807, 2.05) is 0 Å². The van der Waals surface area contributed by atoms with Gasteiger partial charge in [0, 0.05) is 19.3 Å². The van der Waals surface area contributed by atoms with Crippen molar-refractivity contribution in [2.75, 3.05) is 13.2 Å². The van der Waals surface area contributed by atoms with Crippen LogP contribution in [0.15, 0.2) is 60.8 Å². The van der Waals surface area contributed by atoms with Gasteiger partial charge in [-0.3, -0.25) is 14.4 Å². The second kappa shape index (κ2) is 48.8. The normalized spacial score (nSPS) is 12.5. The van der Waals surface area contributed by atoms with Crippen LogP contribution in [0.2, 0.25) is 0 Å². The van der Waals surface area contributed by atoms with Gasteiger partial charge in [0.05, 0.1) is 0 Å². The van der Waals surface area contributed by atoms with E-state index in [1.54, 1.807) is 0 Å². The van der Waals surface area contributed by atoms with Gasteiger partial charge in [-0.05, 0) is 109 Å². The molecule has 0 rings (SSSR count). The highest BCUT2D eigenvalue weighted by atomic mass is 16.6. The largest absolute Gasteiger partial charge is 0.462 e. The maximum absolute atomic E-state index is 12.8. The Kier molecular flexibility index (Phi) is 46.4. The van der Waals surface area contributed by atoms with Gasteiger partial charge in [-0.2, -0.15) is 0 Å². The van der Waals surface area contributed by atoms with Crippen molar-refractivity contribution < 1.29 is 28.6 Å². The van der Waals surface area contributed by atoms with Crippen LogP contribution in [0.25, 0.3) is 0 Å². The second-order valence-electron chi connectivity index (χ2n) is 16.7. The third-order valence-corrected chi connectivity index (χ3v) is 10.7. The van der Waals surface area contributed by atoms with E-state index in [0.717, 1.165) is 103 Å². The lowest BCUT2D eigenvalue weighted by Crippen LogP contribution is -2.30. The monoisotopic (exact) mass is 839 g/mol. The van der Waals surface area contributed by atoms with Crippen LogP contribution < -0.4 is 0 Å². The van der Waals surface area contributed by atoms with Gasteiger partial charge in [0.15, 0.2) is 6.10 Å². The van der Waals surface area contributed by atoms with Crippen LogP contribution in [-0.4, -0.2) is 37.2 Å². The molecule has 0 aromatic carbocycles. The molecule has 0 aliphatic carbocycles. The number of ether oxygens (including phenoxy) is 3. The van der Waals surface area contributed by atoms with Crippen molar-refractivity contribution in [3.05, 3.63) is 60.8 Å². The van der Waals surface area contributed by atoms with Crippen LogP contribution in [0, 0.1) is 0 Å². The average Bonchev–Trinajstić information content (AvgIpc) is 3.24. The molecule has 0 saturated heterocycles. The molecule has 0 amide bonds. The summed E-state index contributed by atoms with van der Waals surface area (Å²) < 4.78 is 16.7. The molecule has 0 bridgehead atoms. The summed E-state index contributed by atoms with van der Waals surface area (Å²) in [5.74, 6) is -0.927. The predicted molar refractivity (Wildman–Crippen MR) is 256 cm³/mol. The summed E-state index contributed by atoms with van der Waals surface area (Å²) in [6, 6.07) is 0. The van der Waals surface area contributed by atoms with E-state index in [0.29, 0.717) is 19.3 Å². The maximum atomic E-state index is 12.8. The van der Waals surface area contributed by atoms with Crippen molar-refractivity contribution in [1.29, 1.82) is 0 Å². The maximum Gasteiger partial charge on any atom is 0.306 e. The number of carbonyl (C=O) groups is 3. The summed E-state index contributed by atoms with van der Waals surface area (Å²) in [6.45, 7) is 6.53. The smallest absolute Gasteiger partial charge is 0.306 e. The molecule has 1 atom stereocenters. The van der Waals surface area contributed by atoms with E-state index in [9.17, 15) is 14.4 Å². The Morgan fingerprint density at radius 2 is 0.600 bits per heavy atom. The Morgan fingerprint density at radius 1 is 0.333 bits per heavy atom. The average molecular weight is 839 g/mol. The van der Waals surface area contributed by atoms with Gasteiger partial charge in [0.25, 0.3) is 0 Å². The number of carbonyl (C=O) groups excluding carboxylic acids is 3. The Morgan fingerprint density at radius 3 is 0.983 bits per heavy atom. The molecule has 346 valence electrons. The molecule has 0 aromatic rings. The summed E-state index contributed by atoms with van der Waals surface area (Å²) in [6.07, 6.45) is 59.1. The minimum atomic E-state index is -0.789. The Hall–Kier alpha value is -2.89. The molecule has 0 saturated carbocycles. The number of esters is 3. The van der Waals surface area contributed by atoms with E-state index < -0.39 is 6.10 Å². The Bertz CT molecular complexity index is 1100. The first kappa shape index (κ1) is 57.1. The number of rotatable bonds is 45. The first-order valence-corrected chi connectivity index (χ1v) is 25.3. The molecule has 0 fully saturated rings. The van der Waals surface area contributed by atoms with E-state index in [4.69, 9.17) is 14.2 Å². The number of unbranched alkanes of at least 4 members (excludes halogenated alkanes) is 24. The summed E-state index contributed by atoms with van der Waals surface area (Å²) >= 11 is 0. The first-order chi connectivity index (χ1) is 29.5. The van der Waals surface area contributed by atoms with Gasteiger partial charge in [0.1, 0.15) is 13.2 Å². The summed E-state index contributed by atoms with van der Waals surface area (Å²) in [5, 5.41) is 0. The quantitative estimate of drug-likeness (QED) is 0.0263. The highest BCUT2D eigenvalue weighted by Crippen LogP contribution is 2.13. The molecule has 0 unspecified atom stereocenters. The number of allylic oxidation sites excluding steroid dienone is 10. The lowest BCUT2D eigenvalue weighted by molar-refractivity contribution is -0.167. The molecule has 0 heterocycles. The third kappa shape index (κ3) is 46.2. The zero-order valence-corrected chi connectivity index (χ0v) is 39.5. The summed E-state index contributed by atoms with van der Waals surface area (Å²) in [4.78, 5) is 37.9. The fourth-order valence-corrected chi connectivity index (χ4v) is 6.85. The highest BCUT2D eigenvalue weighted by molar-refractivity contribution is 5.71. The predicted octanol–water partition coefficient (Wildman–Crippen LogP) is 16.5. The third-order valence-electron chi connectivity index (χ3n) is 10.7. The molecule has 0 aliphatic heterocycles. The standard InChI is InChI=1S/C54H94O6/c1-4-7-10-13-16-19-22-25-26-27-28-30-32-35-38-41-44-47-53(56)59-50-51(49-58-52(55)46-43-40-37-34-31-24-21-18-15-12-9-6-3)60-54(57)48-45-42-39-36-33-29-23-20-17-14-11-8-5-2/h16,18-21,23,25-26,28,30,51H,4-15,17,22,24,27,29,31-50H2,1-3H3/b19-16-,21-18-,23-20-,26-25-,30-28-/t51-/m1/s1. The van der Waals surface area contributed by atoms with Gasteiger partial charge in [-0.15, -0.1) is 0 Å². The van der Waals surface area contributed by atoms with Crippen molar-refractivity contribution in [1.82, 2.24) is 0 Å². The lowest BCUT2D eigenvalue weighted by atomic mass is 10.1. The SMILES string of the molecule is CCCCC/C=C\C/C=C\C/C=C\CCCCCCC(=O)OC[C@@H](COC(=O)CCCCCCC/C=C\CCCCC)OC(=O)CCCCCCC/C=C\CCCCCC. The van der Waals surface area contributed by atoms with Gasteiger partial charge in [-0.25, -0.2) is 0 Å². The molecule has 60 heavy (non-hydrogen) atoms. The molecule has 0 N–H and O–H groups in total. The molecule has 0 radical (unpaired) electrons. The van der Waals surface area contributed by atoms with Gasteiger partial charge < -0.3 is 14.2 Å². The van der Waals surface area contributed by atoms with Crippen LogP contribution in [0.1, 0.15) is 245 Å². The fraction of sp³-hybridized carbons (Fsp3) is 0.759. The molecule has 6 heteroatoms. The molecule has 0 aliphatic rings. The lowest BCUT2D eigenvalue weighted by Gasteiger charge is -2.18. The van der Waals surface area contributed by atoms with Crippen LogP contribution in [0.5, 0.6) is 0 Å². The molecular formula is C54H94O6. The van der Waals surface area contributed by atoms with Crippen molar-refractivity contribution in [2.24, 2.45) is 0 Å². The number of hydrogen-bond acceptors (Lipinski definition) is 6. The first-order valence-electron chi connectivity index (χ1n) is 25.3. The summed E-state index contributed by atoms with van der Waals surface area (Å²) in [5.41, 5.74) is 0. The minimum absolute atomic E-state index is 0.0892. The van der Waals surface area contributed by atoms with Crippen LogP contribution in [0.3, 0.4) is 0 Å². The van der Waals surface area contributed by atoms with E-state index in [-0.39, 0.29) is 31.1 Å². The van der Waals surface area contributed by atoms with Crippen molar-refractivity contribution in [3.63, 3.8) is 0 Å². The van der Waals surface area contributed by atoms with Crippen LogP contribution in [-0.2, 0) is 28.6 Å². The van der Waals surface area contributed by atoms with Crippen molar-refractivity contribution in [2.45, 2.75) is 252 Å². The zero-order chi connectivity index (χ0) is 43.7. The molecular weight excluding hydrogens is 745 g/mol. The number of hydrogen-bond donors (Lipinski definition) is 0. The Balaban J connectivity index is 4.43. The van der Waals surface area contributed by atoms with Crippen molar-refractivity contribution in [3.8, 4) is 0 Å². The van der Waals surface area contributed by atoms with Gasteiger partial charge >= 0.3 is 17.9 Å². The molecule has 0 aromatic heterocycles. The summed E-state index contributed by atoms with van der Waals surface area (Å²) in [7, 11) is 0. The minimum Gasteiger partial charge on any atom is -0.462 e. The van der Waals surface area contributed by atoms with Crippen LogP contribution >= 0.6 is 0 Å². The van der Waals surface area contributed by atoms with E-state index in [2.05, 4.69) is 81.5 Å². The fourth-order valence-electron chi connectivity index (χ4n) is 6.85. The second-order valence-corrected chi connectivity index (χ2v) is 16.7.